The van der Waals surface area contributed by atoms with Crippen LogP contribution in [0, 0.1) is 6.92 Å². The number of aldehydes is 1. The first-order chi connectivity index (χ1) is 16.7. The molecule has 2 aromatic carbocycles. The molecule has 10 heteroatoms. The Morgan fingerprint density at radius 2 is 1.89 bits per heavy atom. The number of fused-ring (bicyclic) bond motifs is 1. The summed E-state index contributed by atoms with van der Waals surface area (Å²) in [5.74, 6) is 0.205. The first-order valence-corrected chi connectivity index (χ1v) is 11.8. The molecule has 0 aliphatic rings. The Balaban J connectivity index is 2.12. The van der Waals surface area contributed by atoms with Crippen molar-refractivity contribution in [3.05, 3.63) is 89.9 Å². The summed E-state index contributed by atoms with van der Waals surface area (Å²) in [7, 11) is 4.74. The molecule has 0 saturated heterocycles. The van der Waals surface area contributed by atoms with Gasteiger partial charge >= 0.3 is 5.69 Å². The number of aryl methyl sites for hydroxylation is 1. The highest BCUT2D eigenvalue weighted by Crippen LogP contribution is 2.31. The van der Waals surface area contributed by atoms with Gasteiger partial charge in [-0.15, -0.1) is 11.3 Å². The van der Waals surface area contributed by atoms with Crippen molar-refractivity contribution in [3.8, 4) is 11.4 Å². The molecule has 35 heavy (non-hydrogen) atoms. The van der Waals surface area contributed by atoms with E-state index in [2.05, 4.69) is 0 Å². The van der Waals surface area contributed by atoms with E-state index >= 15 is 0 Å². The second-order valence-corrected chi connectivity index (χ2v) is 9.49. The van der Waals surface area contributed by atoms with Crippen molar-refractivity contribution >= 4 is 45.3 Å². The summed E-state index contributed by atoms with van der Waals surface area (Å²) in [5, 5.41) is 0.487. The number of rotatable bonds is 6. The molecule has 8 nitrogen and oxygen atoms in total. The summed E-state index contributed by atoms with van der Waals surface area (Å²) >= 11 is 7.45. The molecule has 0 radical (unpaired) electrons. The van der Waals surface area contributed by atoms with E-state index in [1.54, 1.807) is 63.5 Å². The maximum atomic E-state index is 13.8. The summed E-state index contributed by atoms with van der Waals surface area (Å²) in [4.78, 5) is 53.8. The predicted molar refractivity (Wildman–Crippen MR) is 137 cm³/mol. The smallest absolute Gasteiger partial charge is 0.337 e. The lowest BCUT2D eigenvalue weighted by Gasteiger charge is -2.15. The van der Waals surface area contributed by atoms with E-state index in [0.29, 0.717) is 38.4 Å². The summed E-state index contributed by atoms with van der Waals surface area (Å²) in [6, 6.07) is 11.4. The fourth-order valence-corrected chi connectivity index (χ4v) is 5.44. The summed E-state index contributed by atoms with van der Waals surface area (Å²) in [6.07, 6.45) is 0.703. The molecule has 0 bridgehead atoms. The number of nitrogens with zero attached hydrogens (tertiary/aromatic N) is 3. The Hall–Kier alpha value is -3.69. The van der Waals surface area contributed by atoms with Gasteiger partial charge in [0.2, 0.25) is 0 Å². The third kappa shape index (κ3) is 4.17. The summed E-state index contributed by atoms with van der Waals surface area (Å²) < 4.78 is 7.88. The van der Waals surface area contributed by atoms with Crippen LogP contribution in [0.4, 0.5) is 0 Å². The van der Waals surface area contributed by atoms with E-state index in [1.807, 2.05) is 0 Å². The Bertz CT molecular complexity index is 1600. The molecule has 0 unspecified atom stereocenters. The molecule has 4 aromatic rings. The number of carbonyl (C=O) groups excluding carboxylic acids is 2. The van der Waals surface area contributed by atoms with E-state index in [9.17, 15) is 19.2 Å². The zero-order valence-corrected chi connectivity index (χ0v) is 21.1. The van der Waals surface area contributed by atoms with E-state index in [1.165, 1.54) is 16.6 Å². The molecule has 0 spiro atoms. The van der Waals surface area contributed by atoms with Crippen LogP contribution in [0.25, 0.3) is 15.9 Å². The van der Waals surface area contributed by atoms with Crippen LogP contribution in [0.2, 0.25) is 5.02 Å². The minimum absolute atomic E-state index is 0.000464. The average molecular weight is 512 g/mol. The SMILES string of the molecule is COc1ccc(C=O)cc1Cn1c(=O)n(-c2ccccc2Cl)c(=O)c2c(C)c(C(=O)N(C)C)sc21. The van der Waals surface area contributed by atoms with E-state index < -0.39 is 11.2 Å². The standard InChI is InChI=1S/C25H22ClN3O5S/c1-14-20-22(31)29(18-8-6-5-7-17(18)26)25(33)28(24(20)35-21(14)23(32)27(2)3)12-16-11-15(13-30)9-10-19(16)34-4/h5-11,13H,12H2,1-4H3. The van der Waals surface area contributed by atoms with Gasteiger partial charge in [0.15, 0.2) is 0 Å². The fraction of sp³-hybridized carbons (Fsp3) is 0.200. The molecule has 180 valence electrons. The van der Waals surface area contributed by atoms with Crippen molar-refractivity contribution in [1.29, 1.82) is 0 Å². The van der Waals surface area contributed by atoms with Crippen LogP contribution >= 0.6 is 22.9 Å². The molecular weight excluding hydrogens is 490 g/mol. The van der Waals surface area contributed by atoms with Gasteiger partial charge in [0.25, 0.3) is 11.5 Å². The molecule has 0 aliphatic heterocycles. The Labute approximate surface area is 209 Å². The maximum Gasteiger partial charge on any atom is 0.337 e. The van der Waals surface area contributed by atoms with Gasteiger partial charge in [-0.1, -0.05) is 23.7 Å². The van der Waals surface area contributed by atoms with Gasteiger partial charge in [0.1, 0.15) is 16.9 Å². The number of para-hydroxylation sites is 1. The number of hydrogen-bond donors (Lipinski definition) is 0. The van der Waals surface area contributed by atoms with Gasteiger partial charge in [-0.05, 0) is 42.8 Å². The largest absolute Gasteiger partial charge is 0.496 e. The first kappa shape index (κ1) is 24.4. The third-order valence-electron chi connectivity index (χ3n) is 5.68. The number of methoxy groups -OCH3 is 1. The minimum Gasteiger partial charge on any atom is -0.496 e. The van der Waals surface area contributed by atoms with Crippen LogP contribution < -0.4 is 16.0 Å². The van der Waals surface area contributed by atoms with Crippen LogP contribution in [0.5, 0.6) is 5.75 Å². The van der Waals surface area contributed by atoms with Crippen LogP contribution in [0.3, 0.4) is 0 Å². The highest BCUT2D eigenvalue weighted by Gasteiger charge is 2.25. The number of carbonyl (C=O) groups is 2. The Morgan fingerprint density at radius 3 is 2.51 bits per heavy atom. The minimum atomic E-state index is -0.626. The Kier molecular flexibility index (Phi) is 6.64. The monoisotopic (exact) mass is 511 g/mol. The highest BCUT2D eigenvalue weighted by atomic mass is 35.5. The lowest BCUT2D eigenvalue weighted by atomic mass is 10.1. The lowest BCUT2D eigenvalue weighted by molar-refractivity contribution is 0.0831. The van der Waals surface area contributed by atoms with Gasteiger partial charge in [0, 0.05) is 25.2 Å². The average Bonchev–Trinajstić information content (AvgIpc) is 3.19. The van der Waals surface area contributed by atoms with Gasteiger partial charge in [-0.2, -0.15) is 0 Å². The molecule has 0 saturated carbocycles. The summed E-state index contributed by atoms with van der Waals surface area (Å²) in [6.45, 7) is 1.69. The van der Waals surface area contributed by atoms with Crippen molar-refractivity contribution in [1.82, 2.24) is 14.0 Å². The normalized spacial score (nSPS) is 11.0. The van der Waals surface area contributed by atoms with E-state index in [4.69, 9.17) is 16.3 Å². The van der Waals surface area contributed by atoms with Crippen LogP contribution in [-0.4, -0.2) is 47.4 Å². The Morgan fingerprint density at radius 1 is 1.17 bits per heavy atom. The third-order valence-corrected chi connectivity index (χ3v) is 7.30. The fourth-order valence-electron chi connectivity index (χ4n) is 3.90. The van der Waals surface area contributed by atoms with Crippen molar-refractivity contribution in [3.63, 3.8) is 0 Å². The first-order valence-electron chi connectivity index (χ1n) is 10.6. The van der Waals surface area contributed by atoms with Gasteiger partial charge < -0.3 is 9.64 Å². The number of hydrogen-bond acceptors (Lipinski definition) is 6. The van der Waals surface area contributed by atoms with Crippen LogP contribution in [-0.2, 0) is 6.54 Å². The number of ether oxygens (including phenoxy) is 1. The zero-order chi connectivity index (χ0) is 25.4. The highest BCUT2D eigenvalue weighted by molar-refractivity contribution is 7.20. The molecule has 0 fully saturated rings. The van der Waals surface area contributed by atoms with Gasteiger partial charge in [0.05, 0.1) is 34.6 Å². The molecule has 4 rings (SSSR count). The second-order valence-electron chi connectivity index (χ2n) is 8.09. The number of thiophene rings is 1. The molecule has 2 aromatic heterocycles. The molecular formula is C25H22ClN3O5S. The molecule has 0 N–H and O–H groups in total. The van der Waals surface area contributed by atoms with Gasteiger partial charge in [-0.3, -0.25) is 19.0 Å². The van der Waals surface area contributed by atoms with E-state index in [0.717, 1.165) is 15.9 Å². The zero-order valence-electron chi connectivity index (χ0n) is 19.5. The number of amides is 1. The molecule has 1 amide bonds. The second kappa shape index (κ2) is 9.52. The van der Waals surface area contributed by atoms with Crippen molar-refractivity contribution < 1.29 is 14.3 Å². The lowest BCUT2D eigenvalue weighted by Crippen LogP contribution is -2.39. The molecule has 2 heterocycles. The van der Waals surface area contributed by atoms with Crippen LogP contribution in [0.1, 0.15) is 31.2 Å². The van der Waals surface area contributed by atoms with E-state index in [-0.39, 0.29) is 28.5 Å². The molecule has 0 atom stereocenters. The van der Waals surface area contributed by atoms with Crippen molar-refractivity contribution in [2.45, 2.75) is 13.5 Å². The molecule has 0 aliphatic carbocycles. The number of aromatic nitrogens is 2. The topological polar surface area (TPSA) is 90.6 Å². The van der Waals surface area contributed by atoms with Crippen LogP contribution in [0.15, 0.2) is 52.1 Å². The van der Waals surface area contributed by atoms with Crippen molar-refractivity contribution in [2.24, 2.45) is 0 Å². The van der Waals surface area contributed by atoms with Gasteiger partial charge in [-0.25, -0.2) is 9.36 Å². The maximum absolute atomic E-state index is 13.8. The quantitative estimate of drug-likeness (QED) is 0.368. The number of halogens is 1. The summed E-state index contributed by atoms with van der Waals surface area (Å²) in [5.41, 5.74) is 0.511. The van der Waals surface area contributed by atoms with Crippen molar-refractivity contribution in [2.75, 3.05) is 21.2 Å². The predicted octanol–water partition coefficient (Wildman–Crippen LogP) is 3.75. The number of benzene rings is 2.